The number of aliphatic hydroxyl groups is 1. The minimum Gasteiger partial charge on any atom is -0.382 e. The van der Waals surface area contributed by atoms with Crippen molar-refractivity contribution in [2.75, 3.05) is 11.9 Å². The third kappa shape index (κ3) is 3.61. The minimum absolute atomic E-state index is 0.540. The van der Waals surface area contributed by atoms with E-state index in [2.05, 4.69) is 21.2 Å². The molecule has 0 amide bonds. The van der Waals surface area contributed by atoms with Crippen LogP contribution in [0.1, 0.15) is 0 Å². The normalized spacial score (nSPS) is 13.5. The molecule has 2 nitrogen and oxygen atoms in total. The molecule has 2 aromatic carbocycles. The van der Waals surface area contributed by atoms with Gasteiger partial charge in [0.25, 0.3) is 0 Å². The van der Waals surface area contributed by atoms with E-state index in [-0.39, 0.29) is 0 Å². The topological polar surface area (TPSA) is 32.3 Å². The average Bonchev–Trinajstić information content (AvgIpc) is 2.34. The number of nitrogens with one attached hydrogen (secondary N) is 1. The maximum Gasteiger partial charge on any atom is 0.416 e. The van der Waals surface area contributed by atoms with Crippen LogP contribution in [-0.2, 0) is 0 Å². The lowest BCUT2D eigenvalue weighted by Gasteiger charge is -2.16. The molecular weight excluding hydrogens is 323 g/mol. The van der Waals surface area contributed by atoms with E-state index >= 15 is 0 Å². The van der Waals surface area contributed by atoms with Gasteiger partial charge in [0, 0.05) is 16.7 Å². The van der Waals surface area contributed by atoms with Gasteiger partial charge >= 0.3 is 6.18 Å². The molecule has 0 fully saturated rings. The molecule has 0 spiro atoms. The van der Waals surface area contributed by atoms with Crippen LogP contribution in [0.3, 0.4) is 0 Å². The van der Waals surface area contributed by atoms with Crippen LogP contribution >= 0.6 is 15.9 Å². The van der Waals surface area contributed by atoms with Crippen LogP contribution in [0.2, 0.25) is 0 Å². The zero-order valence-corrected chi connectivity index (χ0v) is 11.3. The molecule has 1 unspecified atom stereocenters. The lowest BCUT2D eigenvalue weighted by atomic mass is 10.1. The number of hydrogen-bond donors (Lipinski definition) is 2. The van der Waals surface area contributed by atoms with Gasteiger partial charge in [0.2, 0.25) is 0 Å². The van der Waals surface area contributed by atoms with Gasteiger partial charge in [-0.1, -0.05) is 28.1 Å². The molecule has 2 N–H and O–H groups in total. The van der Waals surface area contributed by atoms with E-state index in [1.165, 1.54) is 0 Å². The van der Waals surface area contributed by atoms with Gasteiger partial charge in [-0.05, 0) is 35.0 Å². The Hall–Kier alpha value is -1.27. The van der Waals surface area contributed by atoms with E-state index < -0.39 is 18.8 Å². The Labute approximate surface area is 116 Å². The molecule has 102 valence electrons. The predicted octanol–water partition coefficient (Wildman–Crippen LogP) is 3.94. The first-order valence-corrected chi connectivity index (χ1v) is 6.33. The first-order valence-electron chi connectivity index (χ1n) is 5.54. The molecule has 0 aliphatic carbocycles. The minimum atomic E-state index is -4.60. The summed E-state index contributed by atoms with van der Waals surface area (Å²) in [6, 6.07) is 10.9. The fourth-order valence-electron chi connectivity index (χ4n) is 1.66. The van der Waals surface area contributed by atoms with Gasteiger partial charge in [0.1, 0.15) is 0 Å². The Balaban J connectivity index is 2.12. The van der Waals surface area contributed by atoms with Crippen molar-refractivity contribution in [3.63, 3.8) is 0 Å². The summed E-state index contributed by atoms with van der Waals surface area (Å²) in [4.78, 5) is 0. The van der Waals surface area contributed by atoms with Crippen molar-refractivity contribution in [1.29, 1.82) is 0 Å². The molecule has 0 aromatic heterocycles. The van der Waals surface area contributed by atoms with Crippen molar-refractivity contribution in [2.45, 2.75) is 12.3 Å². The first-order chi connectivity index (χ1) is 8.86. The van der Waals surface area contributed by atoms with Crippen LogP contribution in [-0.4, -0.2) is 23.9 Å². The standard InChI is InChI=1S/C13H11BrF3NO/c14-10-3-1-9-6-11(4-2-8(9)5-10)18-7-12(19)13(15,16)17/h1-6,12,18-19H,7H2. The second kappa shape index (κ2) is 5.38. The van der Waals surface area contributed by atoms with E-state index in [4.69, 9.17) is 5.11 Å². The summed E-state index contributed by atoms with van der Waals surface area (Å²) in [6.45, 7) is -0.564. The van der Waals surface area contributed by atoms with Crippen LogP contribution in [0, 0.1) is 0 Å². The van der Waals surface area contributed by atoms with E-state index in [1.807, 2.05) is 24.3 Å². The first kappa shape index (κ1) is 14.1. The van der Waals surface area contributed by atoms with Crippen molar-refractivity contribution in [3.05, 3.63) is 40.9 Å². The lowest BCUT2D eigenvalue weighted by Crippen LogP contribution is -2.34. The van der Waals surface area contributed by atoms with Gasteiger partial charge < -0.3 is 10.4 Å². The summed E-state index contributed by atoms with van der Waals surface area (Å²) < 4.78 is 37.4. The van der Waals surface area contributed by atoms with Crippen molar-refractivity contribution >= 4 is 32.4 Å². The van der Waals surface area contributed by atoms with Crippen molar-refractivity contribution < 1.29 is 18.3 Å². The highest BCUT2D eigenvalue weighted by Gasteiger charge is 2.37. The molecule has 2 rings (SSSR count). The van der Waals surface area contributed by atoms with Crippen molar-refractivity contribution in [3.8, 4) is 0 Å². The molecule has 6 heteroatoms. The van der Waals surface area contributed by atoms with Crippen LogP contribution < -0.4 is 5.32 Å². The third-order valence-corrected chi connectivity index (χ3v) is 3.17. The van der Waals surface area contributed by atoms with Crippen molar-refractivity contribution in [2.24, 2.45) is 0 Å². The largest absolute Gasteiger partial charge is 0.416 e. The molecule has 0 saturated carbocycles. The molecule has 0 heterocycles. The molecular formula is C13H11BrF3NO. The number of hydrogen-bond acceptors (Lipinski definition) is 2. The molecule has 2 aromatic rings. The highest BCUT2D eigenvalue weighted by atomic mass is 79.9. The Kier molecular flexibility index (Phi) is 4.01. The van der Waals surface area contributed by atoms with Crippen LogP contribution in [0.25, 0.3) is 10.8 Å². The van der Waals surface area contributed by atoms with Crippen molar-refractivity contribution in [1.82, 2.24) is 0 Å². The van der Waals surface area contributed by atoms with Gasteiger partial charge in [-0.15, -0.1) is 0 Å². The maximum atomic E-state index is 12.2. The number of fused-ring (bicyclic) bond motifs is 1. The van der Waals surface area contributed by atoms with E-state index in [9.17, 15) is 13.2 Å². The number of benzene rings is 2. The zero-order valence-electron chi connectivity index (χ0n) is 9.71. The number of anilines is 1. The molecule has 19 heavy (non-hydrogen) atoms. The van der Waals surface area contributed by atoms with Crippen LogP contribution in [0.4, 0.5) is 18.9 Å². The molecule has 0 bridgehead atoms. The van der Waals surface area contributed by atoms with Gasteiger partial charge in [-0.3, -0.25) is 0 Å². The summed E-state index contributed by atoms with van der Waals surface area (Å²) >= 11 is 3.35. The molecule has 0 radical (unpaired) electrons. The highest BCUT2D eigenvalue weighted by molar-refractivity contribution is 9.10. The molecule has 0 aliphatic heterocycles. The maximum absolute atomic E-state index is 12.2. The Morgan fingerprint density at radius 2 is 1.74 bits per heavy atom. The van der Waals surface area contributed by atoms with E-state index in [0.29, 0.717) is 5.69 Å². The van der Waals surface area contributed by atoms with Gasteiger partial charge in [0.15, 0.2) is 6.10 Å². The monoisotopic (exact) mass is 333 g/mol. The number of alkyl halides is 3. The third-order valence-electron chi connectivity index (χ3n) is 2.68. The highest BCUT2D eigenvalue weighted by Crippen LogP contribution is 2.24. The Bertz CT molecular complexity index is 586. The Morgan fingerprint density at radius 3 is 2.42 bits per heavy atom. The van der Waals surface area contributed by atoms with Crippen LogP contribution in [0.15, 0.2) is 40.9 Å². The summed E-state index contributed by atoms with van der Waals surface area (Å²) in [5.41, 5.74) is 0.540. The fourth-order valence-corrected chi connectivity index (χ4v) is 2.04. The van der Waals surface area contributed by atoms with Gasteiger partial charge in [-0.25, -0.2) is 0 Å². The second-order valence-corrected chi connectivity index (χ2v) is 5.06. The van der Waals surface area contributed by atoms with E-state index in [1.54, 1.807) is 12.1 Å². The average molecular weight is 334 g/mol. The van der Waals surface area contributed by atoms with Gasteiger partial charge in [0.05, 0.1) is 0 Å². The van der Waals surface area contributed by atoms with Crippen LogP contribution in [0.5, 0.6) is 0 Å². The van der Waals surface area contributed by atoms with E-state index in [0.717, 1.165) is 15.2 Å². The number of halogens is 4. The molecule has 0 aliphatic rings. The quantitative estimate of drug-likeness (QED) is 0.891. The summed E-state index contributed by atoms with van der Waals surface area (Å²) in [5.74, 6) is 0. The lowest BCUT2D eigenvalue weighted by molar-refractivity contribution is -0.198. The number of rotatable bonds is 3. The Morgan fingerprint density at radius 1 is 1.11 bits per heavy atom. The molecule has 0 saturated heterocycles. The second-order valence-electron chi connectivity index (χ2n) is 4.14. The predicted molar refractivity (Wildman–Crippen MR) is 72.2 cm³/mol. The summed E-state index contributed by atoms with van der Waals surface area (Å²) in [7, 11) is 0. The zero-order chi connectivity index (χ0) is 14.0. The smallest absolute Gasteiger partial charge is 0.382 e. The number of aliphatic hydroxyl groups excluding tert-OH is 1. The molecule has 1 atom stereocenters. The summed E-state index contributed by atoms with van der Waals surface area (Å²) in [5, 5.41) is 13.4. The SMILES string of the molecule is OC(CNc1ccc2cc(Br)ccc2c1)C(F)(F)F. The fraction of sp³-hybridized carbons (Fsp3) is 0.231. The summed E-state index contributed by atoms with van der Waals surface area (Å²) in [6.07, 6.45) is -6.97. The van der Waals surface area contributed by atoms with Gasteiger partial charge in [-0.2, -0.15) is 13.2 Å².